The maximum absolute atomic E-state index is 4.11. The Labute approximate surface area is 89.9 Å². The molecule has 0 unspecified atom stereocenters. The van der Waals surface area contributed by atoms with Crippen LogP contribution in [0.15, 0.2) is 18.6 Å². The lowest BCUT2D eigenvalue weighted by molar-refractivity contribution is 0.249. The van der Waals surface area contributed by atoms with Crippen LogP contribution >= 0.6 is 0 Å². The van der Waals surface area contributed by atoms with E-state index in [0.717, 1.165) is 45.1 Å². The molecule has 82 valence electrons. The second-order valence-corrected chi connectivity index (χ2v) is 3.61. The molecule has 0 bridgehead atoms. The third-order valence-electron chi connectivity index (χ3n) is 2.53. The van der Waals surface area contributed by atoms with Gasteiger partial charge in [-0.2, -0.15) is 0 Å². The molecule has 1 saturated heterocycles. The van der Waals surface area contributed by atoms with E-state index in [-0.39, 0.29) is 0 Å². The molecular formula is C10H17N5. The number of hydrogen-bond donors (Lipinski definition) is 2. The van der Waals surface area contributed by atoms with Gasteiger partial charge >= 0.3 is 0 Å². The first-order valence-electron chi connectivity index (χ1n) is 5.38. The first kappa shape index (κ1) is 10.3. The number of nitrogens with zero attached hydrogens (tertiary/aromatic N) is 3. The summed E-state index contributed by atoms with van der Waals surface area (Å²) in [6.07, 6.45) is 3.31. The van der Waals surface area contributed by atoms with Gasteiger partial charge in [0.1, 0.15) is 12.1 Å². The van der Waals surface area contributed by atoms with Crippen molar-refractivity contribution in [2.45, 2.75) is 0 Å². The summed E-state index contributed by atoms with van der Waals surface area (Å²) < 4.78 is 0. The zero-order chi connectivity index (χ0) is 10.3. The molecule has 0 aliphatic carbocycles. The average molecular weight is 207 g/mol. The normalized spacial score (nSPS) is 17.6. The van der Waals surface area contributed by atoms with Crippen molar-refractivity contribution in [1.82, 2.24) is 20.2 Å². The summed E-state index contributed by atoms with van der Waals surface area (Å²) in [6.45, 7) is 6.51. The second kappa shape index (κ2) is 5.63. The monoisotopic (exact) mass is 207 g/mol. The Morgan fingerprint density at radius 1 is 1.40 bits per heavy atom. The van der Waals surface area contributed by atoms with Gasteiger partial charge in [-0.25, -0.2) is 9.97 Å². The summed E-state index contributed by atoms with van der Waals surface area (Å²) in [7, 11) is 0. The molecule has 1 aliphatic heterocycles. The predicted octanol–water partition coefficient (Wildman–Crippen LogP) is -0.206. The Morgan fingerprint density at radius 3 is 3.00 bits per heavy atom. The maximum Gasteiger partial charge on any atom is 0.129 e. The van der Waals surface area contributed by atoms with Crippen molar-refractivity contribution in [2.24, 2.45) is 0 Å². The Hall–Kier alpha value is -1.20. The molecule has 2 N–H and O–H groups in total. The predicted molar refractivity (Wildman–Crippen MR) is 59.8 cm³/mol. The van der Waals surface area contributed by atoms with Gasteiger partial charge in [-0.1, -0.05) is 0 Å². The van der Waals surface area contributed by atoms with Gasteiger partial charge in [0.05, 0.1) is 0 Å². The standard InChI is InChI=1S/C10H17N5/c1-2-12-9-14-10(1)13-5-8-15-6-3-11-4-7-15/h1-2,9,11H,3-8H2,(H,12,13,14). The fourth-order valence-corrected chi connectivity index (χ4v) is 1.67. The number of nitrogens with one attached hydrogen (secondary N) is 2. The Balaban J connectivity index is 1.66. The van der Waals surface area contributed by atoms with Gasteiger partial charge < -0.3 is 10.6 Å². The molecule has 1 fully saturated rings. The molecule has 0 amide bonds. The molecule has 0 atom stereocenters. The van der Waals surface area contributed by atoms with Gasteiger partial charge in [0.25, 0.3) is 0 Å². The summed E-state index contributed by atoms with van der Waals surface area (Å²) >= 11 is 0. The number of rotatable bonds is 4. The summed E-state index contributed by atoms with van der Waals surface area (Å²) in [5.74, 6) is 0.903. The minimum atomic E-state index is 0.903. The van der Waals surface area contributed by atoms with E-state index in [4.69, 9.17) is 0 Å². The fourth-order valence-electron chi connectivity index (χ4n) is 1.67. The lowest BCUT2D eigenvalue weighted by Crippen LogP contribution is -2.45. The fraction of sp³-hybridized carbons (Fsp3) is 0.600. The molecule has 2 heterocycles. The third-order valence-corrected chi connectivity index (χ3v) is 2.53. The van der Waals surface area contributed by atoms with Crippen molar-refractivity contribution >= 4 is 5.82 Å². The molecular weight excluding hydrogens is 190 g/mol. The van der Waals surface area contributed by atoms with E-state index in [1.807, 2.05) is 6.07 Å². The molecule has 0 spiro atoms. The lowest BCUT2D eigenvalue weighted by atomic mass is 10.3. The summed E-state index contributed by atoms with van der Waals surface area (Å²) in [5, 5.41) is 6.62. The van der Waals surface area contributed by atoms with Crippen molar-refractivity contribution < 1.29 is 0 Å². The van der Waals surface area contributed by atoms with Crippen LogP contribution in [0, 0.1) is 0 Å². The zero-order valence-electron chi connectivity index (χ0n) is 8.82. The van der Waals surface area contributed by atoms with Crippen LogP contribution in [0.3, 0.4) is 0 Å². The third kappa shape index (κ3) is 3.45. The number of aromatic nitrogens is 2. The van der Waals surface area contributed by atoms with E-state index in [0.29, 0.717) is 0 Å². The van der Waals surface area contributed by atoms with Gasteiger partial charge in [0.15, 0.2) is 0 Å². The largest absolute Gasteiger partial charge is 0.369 e. The first-order valence-corrected chi connectivity index (χ1v) is 5.38. The molecule has 15 heavy (non-hydrogen) atoms. The highest BCUT2D eigenvalue weighted by Crippen LogP contribution is 1.97. The summed E-state index contributed by atoms with van der Waals surface area (Å²) in [6, 6.07) is 1.89. The van der Waals surface area contributed by atoms with Crippen molar-refractivity contribution in [3.8, 4) is 0 Å². The minimum absolute atomic E-state index is 0.903. The van der Waals surface area contributed by atoms with Crippen molar-refractivity contribution in [1.29, 1.82) is 0 Å². The molecule has 2 rings (SSSR count). The Kier molecular flexibility index (Phi) is 3.87. The Morgan fingerprint density at radius 2 is 2.27 bits per heavy atom. The molecule has 1 aromatic heterocycles. The van der Waals surface area contributed by atoms with E-state index in [1.54, 1.807) is 12.5 Å². The Bertz CT molecular complexity index is 270. The van der Waals surface area contributed by atoms with Crippen molar-refractivity contribution in [3.05, 3.63) is 18.6 Å². The number of anilines is 1. The highest BCUT2D eigenvalue weighted by atomic mass is 15.2. The zero-order valence-corrected chi connectivity index (χ0v) is 8.82. The molecule has 1 aromatic rings. The summed E-state index contributed by atoms with van der Waals surface area (Å²) in [5.41, 5.74) is 0. The van der Waals surface area contributed by atoms with E-state index in [9.17, 15) is 0 Å². The quantitative estimate of drug-likeness (QED) is 0.716. The average Bonchev–Trinajstić information content (AvgIpc) is 2.32. The van der Waals surface area contributed by atoms with Crippen LogP contribution in [0.1, 0.15) is 0 Å². The van der Waals surface area contributed by atoms with Crippen LogP contribution in [-0.4, -0.2) is 54.1 Å². The molecule has 0 aromatic carbocycles. The van der Waals surface area contributed by atoms with E-state index < -0.39 is 0 Å². The van der Waals surface area contributed by atoms with Crippen molar-refractivity contribution in [2.75, 3.05) is 44.6 Å². The van der Waals surface area contributed by atoms with Crippen LogP contribution in [-0.2, 0) is 0 Å². The molecule has 5 nitrogen and oxygen atoms in total. The van der Waals surface area contributed by atoms with Crippen LogP contribution in [0.5, 0.6) is 0 Å². The lowest BCUT2D eigenvalue weighted by Gasteiger charge is -2.27. The summed E-state index contributed by atoms with van der Waals surface area (Å²) in [4.78, 5) is 10.4. The molecule has 0 saturated carbocycles. The van der Waals surface area contributed by atoms with Crippen LogP contribution in [0.25, 0.3) is 0 Å². The number of piperazine rings is 1. The van der Waals surface area contributed by atoms with Gasteiger partial charge in [-0.05, 0) is 6.07 Å². The second-order valence-electron chi connectivity index (χ2n) is 3.61. The molecule has 5 heteroatoms. The van der Waals surface area contributed by atoms with Gasteiger partial charge in [-0.3, -0.25) is 4.90 Å². The van der Waals surface area contributed by atoms with E-state index in [2.05, 4.69) is 25.5 Å². The maximum atomic E-state index is 4.11. The molecule has 1 aliphatic rings. The van der Waals surface area contributed by atoms with Gasteiger partial charge in [0, 0.05) is 45.5 Å². The minimum Gasteiger partial charge on any atom is -0.369 e. The van der Waals surface area contributed by atoms with Gasteiger partial charge in [-0.15, -0.1) is 0 Å². The number of hydrogen-bond acceptors (Lipinski definition) is 5. The highest BCUT2D eigenvalue weighted by molar-refractivity contribution is 5.31. The van der Waals surface area contributed by atoms with E-state index in [1.165, 1.54) is 0 Å². The smallest absolute Gasteiger partial charge is 0.129 e. The SMILES string of the molecule is c1cc(NCCN2CCNCC2)ncn1. The highest BCUT2D eigenvalue weighted by Gasteiger charge is 2.07. The molecule has 0 radical (unpaired) electrons. The van der Waals surface area contributed by atoms with Gasteiger partial charge in [0.2, 0.25) is 0 Å². The first-order chi connectivity index (χ1) is 7.45. The topological polar surface area (TPSA) is 53.1 Å². The van der Waals surface area contributed by atoms with Crippen LogP contribution in [0.4, 0.5) is 5.82 Å². The van der Waals surface area contributed by atoms with Crippen LogP contribution in [0.2, 0.25) is 0 Å². The van der Waals surface area contributed by atoms with Crippen LogP contribution < -0.4 is 10.6 Å². The van der Waals surface area contributed by atoms with E-state index >= 15 is 0 Å². The van der Waals surface area contributed by atoms with Crippen molar-refractivity contribution in [3.63, 3.8) is 0 Å².